The molecule has 21 heteroatoms. The molecule has 3 heterocycles. The van der Waals surface area contributed by atoms with Crippen LogP contribution in [-0.4, -0.2) is 149 Å². The van der Waals surface area contributed by atoms with Gasteiger partial charge in [0.15, 0.2) is 17.6 Å². The van der Waals surface area contributed by atoms with Gasteiger partial charge < -0.3 is 89.3 Å². The Hall–Kier alpha value is -6.17. The van der Waals surface area contributed by atoms with Gasteiger partial charge >= 0.3 is 17.9 Å². The number of rotatable bonds is 13. The van der Waals surface area contributed by atoms with Gasteiger partial charge in [-0.25, -0.2) is 4.79 Å². The van der Waals surface area contributed by atoms with Gasteiger partial charge in [0, 0.05) is 23.8 Å². The lowest BCUT2D eigenvalue weighted by Gasteiger charge is -2.41. The number of carbonyl (C=O) groups excluding carboxylic acids is 2. The number of esters is 2. The molecule has 2 saturated heterocycles. The number of hydrogen-bond donors (Lipinski definition) is 11. The highest BCUT2D eigenvalue weighted by Gasteiger charge is 2.48. The van der Waals surface area contributed by atoms with E-state index >= 15 is 0 Å². The third kappa shape index (κ3) is 9.98. The van der Waals surface area contributed by atoms with Crippen molar-refractivity contribution in [3.8, 4) is 34.5 Å². The van der Waals surface area contributed by atoms with Crippen molar-refractivity contribution in [2.45, 2.75) is 73.9 Å². The molecule has 1 unspecified atom stereocenters. The molecule has 0 aliphatic carbocycles. The van der Waals surface area contributed by atoms with Gasteiger partial charge in [0.05, 0.1) is 5.56 Å². The summed E-state index contributed by atoms with van der Waals surface area (Å²) in [6.45, 7) is -1.41. The standard InChI is InChI=1S/C39H40O21/c40-18-5-1-16(2-6-18)3-8-29(46)54-14-26-31(48)34(51)36(53)39(60-26)58-25-12-20-23(56-37(25)17-4-7-21(42)22(43)9-17)10-19(41)11-24(20)57-38-35(52)33(50)32(49)27(59-38)15-55-30(47)13-28(44)45/h1-12,26-27,31-43,48-53H,13-15H2,(H,44,45)/b8-3+/t26-,27-,31-,32-,33+,34+,35-,36-,37?,38-,39-/m1/s1. The SMILES string of the molecule is O=C(O)CC(=O)OC[C@H]1O[C@@H](Oc2cc(O)cc3c2C=C(O[C@@H]2O[C@H](COC(=O)/C=C/c4ccc(O)cc4)[C@@H](O)[C@H](O)[C@H]2O)C(c2ccc(O)c(O)c2)O3)[C@H](O)[C@@H](O)[C@@H]1O. The molecule has 60 heavy (non-hydrogen) atoms. The van der Waals surface area contributed by atoms with E-state index in [1.54, 1.807) is 0 Å². The third-order valence-electron chi connectivity index (χ3n) is 9.41. The minimum Gasteiger partial charge on any atom is -0.508 e. The Balaban J connectivity index is 1.26. The van der Waals surface area contributed by atoms with Crippen LogP contribution in [0.3, 0.4) is 0 Å². The molecule has 0 spiro atoms. The highest BCUT2D eigenvalue weighted by atomic mass is 16.7. The van der Waals surface area contributed by atoms with Crippen LogP contribution < -0.4 is 9.47 Å². The van der Waals surface area contributed by atoms with E-state index in [1.165, 1.54) is 42.5 Å². The molecular formula is C39H40O21. The molecule has 2 fully saturated rings. The highest BCUT2D eigenvalue weighted by Crippen LogP contribution is 2.46. The molecule has 0 amide bonds. The lowest BCUT2D eigenvalue weighted by Crippen LogP contribution is -2.60. The van der Waals surface area contributed by atoms with Gasteiger partial charge in [-0.15, -0.1) is 0 Å². The number of phenolic OH excluding ortho intramolecular Hbond substituents is 4. The summed E-state index contributed by atoms with van der Waals surface area (Å²) in [5, 5.41) is 114. The van der Waals surface area contributed by atoms with Gasteiger partial charge in [0.2, 0.25) is 12.6 Å². The molecule has 0 radical (unpaired) electrons. The Morgan fingerprint density at radius 3 is 1.90 bits per heavy atom. The Bertz CT molecular complexity index is 2100. The predicted octanol–water partition coefficient (Wildman–Crippen LogP) is -0.731. The van der Waals surface area contributed by atoms with Crippen molar-refractivity contribution in [3.63, 3.8) is 0 Å². The van der Waals surface area contributed by atoms with Crippen LogP contribution in [0, 0.1) is 0 Å². The minimum atomic E-state index is -1.96. The number of aliphatic carboxylic acids is 1. The minimum absolute atomic E-state index is 0.0148. The van der Waals surface area contributed by atoms with Crippen LogP contribution in [-0.2, 0) is 38.1 Å². The number of carboxylic acid groups (broad SMARTS) is 1. The number of phenols is 4. The van der Waals surface area contributed by atoms with Crippen LogP contribution in [0.2, 0.25) is 0 Å². The van der Waals surface area contributed by atoms with Crippen molar-refractivity contribution in [2.24, 2.45) is 0 Å². The maximum atomic E-state index is 12.5. The number of aliphatic hydroxyl groups is 6. The van der Waals surface area contributed by atoms with Crippen molar-refractivity contribution in [3.05, 3.63) is 83.1 Å². The molecule has 11 atom stereocenters. The summed E-state index contributed by atoms with van der Waals surface area (Å²) in [5.41, 5.74) is 0.615. The van der Waals surface area contributed by atoms with Crippen molar-refractivity contribution >= 4 is 30.1 Å². The highest BCUT2D eigenvalue weighted by molar-refractivity contribution is 5.90. The molecule has 3 aromatic rings. The maximum Gasteiger partial charge on any atom is 0.330 e. The summed E-state index contributed by atoms with van der Waals surface area (Å²) in [6.07, 6.45) is -16.8. The zero-order valence-electron chi connectivity index (χ0n) is 30.9. The number of fused-ring (bicyclic) bond motifs is 1. The second-order valence-electron chi connectivity index (χ2n) is 13.7. The van der Waals surface area contributed by atoms with Crippen LogP contribution in [0.25, 0.3) is 12.2 Å². The molecule has 6 rings (SSSR count). The summed E-state index contributed by atoms with van der Waals surface area (Å²) < 4.78 is 39.4. The summed E-state index contributed by atoms with van der Waals surface area (Å²) >= 11 is 0. The van der Waals surface area contributed by atoms with Crippen molar-refractivity contribution in [1.29, 1.82) is 0 Å². The van der Waals surface area contributed by atoms with E-state index in [0.717, 1.165) is 30.3 Å². The Kier molecular flexibility index (Phi) is 13.3. The molecule has 3 aliphatic rings. The van der Waals surface area contributed by atoms with Gasteiger partial charge in [0.25, 0.3) is 0 Å². The number of carbonyl (C=O) groups is 3. The Morgan fingerprint density at radius 1 is 0.667 bits per heavy atom. The monoisotopic (exact) mass is 844 g/mol. The van der Waals surface area contributed by atoms with E-state index in [9.17, 15) is 65.4 Å². The van der Waals surface area contributed by atoms with Crippen LogP contribution in [0.15, 0.2) is 66.4 Å². The average molecular weight is 845 g/mol. The fourth-order valence-electron chi connectivity index (χ4n) is 6.23. The molecule has 21 nitrogen and oxygen atoms in total. The number of aromatic hydroxyl groups is 4. The molecule has 0 saturated carbocycles. The fourth-order valence-corrected chi connectivity index (χ4v) is 6.23. The number of aliphatic hydroxyl groups excluding tert-OH is 6. The normalized spacial score (nSPS) is 28.8. The number of ether oxygens (including phenoxy) is 7. The Labute approximate surface area is 338 Å². The zero-order valence-corrected chi connectivity index (χ0v) is 30.9. The molecule has 3 aromatic carbocycles. The van der Waals surface area contributed by atoms with E-state index in [1.807, 2.05) is 0 Å². The second-order valence-corrected chi connectivity index (χ2v) is 13.7. The smallest absolute Gasteiger partial charge is 0.330 e. The van der Waals surface area contributed by atoms with Crippen LogP contribution in [0.4, 0.5) is 0 Å². The molecule has 3 aliphatic heterocycles. The third-order valence-corrected chi connectivity index (χ3v) is 9.41. The summed E-state index contributed by atoms with van der Waals surface area (Å²) in [7, 11) is 0. The summed E-state index contributed by atoms with van der Waals surface area (Å²) in [5.74, 6) is -5.81. The second kappa shape index (κ2) is 18.4. The van der Waals surface area contributed by atoms with Crippen LogP contribution in [0.5, 0.6) is 34.5 Å². The maximum absolute atomic E-state index is 12.5. The molecule has 322 valence electrons. The summed E-state index contributed by atoms with van der Waals surface area (Å²) in [4.78, 5) is 35.2. The summed E-state index contributed by atoms with van der Waals surface area (Å²) in [6, 6.07) is 11.6. The van der Waals surface area contributed by atoms with Crippen molar-refractivity contribution in [2.75, 3.05) is 13.2 Å². The molecule has 0 bridgehead atoms. The van der Waals surface area contributed by atoms with E-state index < -0.39 is 122 Å². The van der Waals surface area contributed by atoms with Gasteiger partial charge in [-0.05, 0) is 42.0 Å². The predicted molar refractivity (Wildman–Crippen MR) is 196 cm³/mol. The number of carboxylic acids is 1. The average Bonchev–Trinajstić information content (AvgIpc) is 3.20. The van der Waals surface area contributed by atoms with Crippen molar-refractivity contribution in [1.82, 2.24) is 0 Å². The zero-order chi connectivity index (χ0) is 43.4. The first kappa shape index (κ1) is 43.4. The van der Waals surface area contributed by atoms with E-state index in [0.29, 0.717) is 5.56 Å². The number of benzene rings is 3. The van der Waals surface area contributed by atoms with Crippen molar-refractivity contribution < 1.29 is 104 Å². The first-order valence-corrected chi connectivity index (χ1v) is 18.0. The largest absolute Gasteiger partial charge is 0.508 e. The first-order chi connectivity index (χ1) is 28.5. The topological polar surface area (TPSA) is 338 Å². The van der Waals surface area contributed by atoms with E-state index in [4.69, 9.17) is 38.3 Å². The van der Waals surface area contributed by atoms with Gasteiger partial charge in [-0.2, -0.15) is 0 Å². The molecule has 0 aromatic heterocycles. The van der Waals surface area contributed by atoms with E-state index in [-0.39, 0.29) is 34.1 Å². The van der Waals surface area contributed by atoms with Gasteiger partial charge in [-0.3, -0.25) is 9.59 Å². The van der Waals surface area contributed by atoms with Crippen LogP contribution >= 0.6 is 0 Å². The molecule has 11 N–H and O–H groups in total. The Morgan fingerprint density at radius 2 is 1.28 bits per heavy atom. The first-order valence-electron chi connectivity index (χ1n) is 18.0. The van der Waals surface area contributed by atoms with Gasteiger partial charge in [0.1, 0.15) is 97.2 Å². The lowest BCUT2D eigenvalue weighted by molar-refractivity contribution is -0.294. The quantitative estimate of drug-likeness (QED) is 0.0437. The van der Waals surface area contributed by atoms with E-state index in [2.05, 4.69) is 0 Å². The number of hydrogen-bond acceptors (Lipinski definition) is 20. The fraction of sp³-hybridized carbons (Fsp3) is 0.359. The molecular weight excluding hydrogens is 804 g/mol. The van der Waals surface area contributed by atoms with Gasteiger partial charge in [-0.1, -0.05) is 18.2 Å². The lowest BCUT2D eigenvalue weighted by atomic mass is 9.98. The van der Waals surface area contributed by atoms with Crippen LogP contribution in [0.1, 0.15) is 29.2 Å².